The van der Waals surface area contributed by atoms with Crippen LogP contribution in [-0.4, -0.2) is 11.6 Å². The van der Waals surface area contributed by atoms with Gasteiger partial charge in [0.05, 0.1) is 6.61 Å². The van der Waals surface area contributed by atoms with Crippen molar-refractivity contribution in [2.45, 2.75) is 39.2 Å². The molecule has 0 radical (unpaired) electrons. The maximum Gasteiger partial charge on any atom is 0.218 e. The number of pyridine rings is 1. The average molecular weight is 206 g/mol. The van der Waals surface area contributed by atoms with Gasteiger partial charge in [-0.3, -0.25) is 0 Å². The zero-order chi connectivity index (χ0) is 10.7. The van der Waals surface area contributed by atoms with Gasteiger partial charge in [0.1, 0.15) is 0 Å². The summed E-state index contributed by atoms with van der Waals surface area (Å²) in [7, 11) is 0. The van der Waals surface area contributed by atoms with E-state index in [-0.39, 0.29) is 0 Å². The first-order valence-corrected chi connectivity index (χ1v) is 5.69. The van der Waals surface area contributed by atoms with E-state index < -0.39 is 0 Å². The predicted octanol–water partition coefficient (Wildman–Crippen LogP) is 1.82. The average Bonchev–Trinajstić information content (AvgIpc) is 2.71. The Hall–Kier alpha value is -1.09. The van der Waals surface area contributed by atoms with Gasteiger partial charge in [0.2, 0.25) is 5.88 Å². The summed E-state index contributed by atoms with van der Waals surface area (Å²) in [4.78, 5) is 4.56. The molecule has 3 heteroatoms. The van der Waals surface area contributed by atoms with Crippen molar-refractivity contribution in [3.63, 3.8) is 0 Å². The summed E-state index contributed by atoms with van der Waals surface area (Å²) >= 11 is 0. The van der Waals surface area contributed by atoms with Gasteiger partial charge in [-0.2, -0.15) is 0 Å². The molecule has 2 N–H and O–H groups in total. The van der Waals surface area contributed by atoms with Crippen LogP contribution in [0.3, 0.4) is 0 Å². The Morgan fingerprint density at radius 3 is 3.07 bits per heavy atom. The van der Waals surface area contributed by atoms with E-state index in [1.54, 1.807) is 0 Å². The number of ether oxygens (including phenoxy) is 1. The highest BCUT2D eigenvalue weighted by molar-refractivity contribution is 5.36. The Labute approximate surface area is 90.7 Å². The molecule has 0 amide bonds. The molecule has 0 saturated heterocycles. The van der Waals surface area contributed by atoms with Gasteiger partial charge in [-0.15, -0.1) is 0 Å². The van der Waals surface area contributed by atoms with Gasteiger partial charge in [-0.1, -0.05) is 6.92 Å². The SMILES string of the molecule is CCCOc1nc2c(cc1CN)CCC2. The van der Waals surface area contributed by atoms with Crippen molar-refractivity contribution in [1.82, 2.24) is 4.98 Å². The summed E-state index contributed by atoms with van der Waals surface area (Å²) in [5.41, 5.74) is 9.31. The Morgan fingerprint density at radius 1 is 1.47 bits per heavy atom. The minimum Gasteiger partial charge on any atom is -0.477 e. The lowest BCUT2D eigenvalue weighted by atomic mass is 10.1. The largest absolute Gasteiger partial charge is 0.477 e. The molecule has 1 aromatic heterocycles. The van der Waals surface area contributed by atoms with Crippen LogP contribution in [0.25, 0.3) is 0 Å². The van der Waals surface area contributed by atoms with Gasteiger partial charge in [0, 0.05) is 17.8 Å². The molecule has 0 spiro atoms. The quantitative estimate of drug-likeness (QED) is 0.817. The van der Waals surface area contributed by atoms with Crippen molar-refractivity contribution in [3.05, 3.63) is 22.9 Å². The van der Waals surface area contributed by atoms with Crippen LogP contribution in [0.4, 0.5) is 0 Å². The van der Waals surface area contributed by atoms with Gasteiger partial charge in [0.15, 0.2) is 0 Å². The maximum absolute atomic E-state index is 5.70. The second kappa shape index (κ2) is 4.62. The van der Waals surface area contributed by atoms with E-state index in [0.717, 1.165) is 37.3 Å². The fraction of sp³-hybridized carbons (Fsp3) is 0.583. The third-order valence-electron chi connectivity index (χ3n) is 2.75. The van der Waals surface area contributed by atoms with Gasteiger partial charge < -0.3 is 10.5 Å². The molecule has 0 fully saturated rings. The molecule has 2 rings (SSSR count). The predicted molar refractivity (Wildman–Crippen MR) is 59.9 cm³/mol. The number of aromatic nitrogens is 1. The standard InChI is InChI=1S/C12H18N2O/c1-2-6-15-12-10(8-13)7-9-4-3-5-11(9)14-12/h7H,2-6,8,13H2,1H3. The monoisotopic (exact) mass is 206 g/mol. The Kier molecular flexibility index (Phi) is 3.21. The van der Waals surface area contributed by atoms with E-state index in [9.17, 15) is 0 Å². The number of hydrogen-bond donors (Lipinski definition) is 1. The van der Waals surface area contributed by atoms with E-state index in [1.807, 2.05) is 0 Å². The highest BCUT2D eigenvalue weighted by Crippen LogP contribution is 2.26. The molecule has 1 aromatic rings. The molecule has 1 aliphatic carbocycles. The lowest BCUT2D eigenvalue weighted by Crippen LogP contribution is -2.07. The van der Waals surface area contributed by atoms with Crippen LogP contribution < -0.4 is 10.5 Å². The second-order valence-corrected chi connectivity index (χ2v) is 3.96. The molecule has 1 aliphatic rings. The molecule has 3 nitrogen and oxygen atoms in total. The van der Waals surface area contributed by atoms with Crippen molar-refractivity contribution in [3.8, 4) is 5.88 Å². The Balaban J connectivity index is 2.27. The van der Waals surface area contributed by atoms with Crippen molar-refractivity contribution in [1.29, 1.82) is 0 Å². The topological polar surface area (TPSA) is 48.1 Å². The van der Waals surface area contributed by atoms with Crippen LogP contribution in [0.15, 0.2) is 6.07 Å². The number of fused-ring (bicyclic) bond motifs is 1. The molecule has 1 heterocycles. The van der Waals surface area contributed by atoms with Crippen LogP contribution in [0.2, 0.25) is 0 Å². The highest BCUT2D eigenvalue weighted by Gasteiger charge is 2.16. The fourth-order valence-electron chi connectivity index (χ4n) is 1.97. The second-order valence-electron chi connectivity index (χ2n) is 3.96. The van der Waals surface area contributed by atoms with Crippen LogP contribution in [0.1, 0.15) is 36.6 Å². The summed E-state index contributed by atoms with van der Waals surface area (Å²) in [5.74, 6) is 0.750. The first-order valence-electron chi connectivity index (χ1n) is 5.69. The molecule has 0 unspecified atom stereocenters. The highest BCUT2D eigenvalue weighted by atomic mass is 16.5. The van der Waals surface area contributed by atoms with E-state index in [2.05, 4.69) is 18.0 Å². The molecular formula is C12H18N2O. The van der Waals surface area contributed by atoms with Gasteiger partial charge >= 0.3 is 0 Å². The molecule has 0 aliphatic heterocycles. The minimum absolute atomic E-state index is 0.513. The molecule has 0 saturated carbocycles. The molecule has 82 valence electrons. The van der Waals surface area contributed by atoms with Crippen molar-refractivity contribution in [2.75, 3.05) is 6.61 Å². The fourth-order valence-corrected chi connectivity index (χ4v) is 1.97. The zero-order valence-corrected chi connectivity index (χ0v) is 9.25. The van der Waals surface area contributed by atoms with Crippen LogP contribution in [0, 0.1) is 0 Å². The number of aryl methyl sites for hydroxylation is 2. The van der Waals surface area contributed by atoms with E-state index in [0.29, 0.717) is 6.54 Å². The van der Waals surface area contributed by atoms with Gasteiger partial charge in [-0.05, 0) is 37.3 Å². The number of hydrogen-bond acceptors (Lipinski definition) is 3. The summed E-state index contributed by atoms with van der Waals surface area (Å²) in [5, 5.41) is 0. The molecule has 0 bridgehead atoms. The third-order valence-corrected chi connectivity index (χ3v) is 2.75. The molecule has 0 aromatic carbocycles. The smallest absolute Gasteiger partial charge is 0.218 e. The van der Waals surface area contributed by atoms with Gasteiger partial charge in [0.25, 0.3) is 0 Å². The van der Waals surface area contributed by atoms with Crippen molar-refractivity contribution in [2.24, 2.45) is 5.73 Å². The third kappa shape index (κ3) is 2.12. The summed E-state index contributed by atoms with van der Waals surface area (Å²) in [6.45, 7) is 3.33. The maximum atomic E-state index is 5.70. The summed E-state index contributed by atoms with van der Waals surface area (Å²) in [6.07, 6.45) is 4.44. The molecule has 0 atom stereocenters. The van der Waals surface area contributed by atoms with Crippen LogP contribution in [-0.2, 0) is 19.4 Å². The Morgan fingerprint density at radius 2 is 2.33 bits per heavy atom. The normalized spacial score (nSPS) is 14.0. The lowest BCUT2D eigenvalue weighted by Gasteiger charge is -2.10. The number of nitrogens with two attached hydrogens (primary N) is 1. The first-order chi connectivity index (χ1) is 7.35. The van der Waals surface area contributed by atoms with Gasteiger partial charge in [-0.25, -0.2) is 4.98 Å². The number of nitrogens with zero attached hydrogens (tertiary/aromatic N) is 1. The number of rotatable bonds is 4. The lowest BCUT2D eigenvalue weighted by molar-refractivity contribution is 0.301. The van der Waals surface area contributed by atoms with Crippen LogP contribution >= 0.6 is 0 Å². The van der Waals surface area contributed by atoms with Crippen LogP contribution in [0.5, 0.6) is 5.88 Å². The summed E-state index contributed by atoms with van der Waals surface area (Å²) in [6, 6.07) is 2.17. The molecular weight excluding hydrogens is 188 g/mol. The zero-order valence-electron chi connectivity index (χ0n) is 9.25. The first kappa shape index (κ1) is 10.4. The van der Waals surface area contributed by atoms with E-state index >= 15 is 0 Å². The molecule has 15 heavy (non-hydrogen) atoms. The van der Waals surface area contributed by atoms with Crippen molar-refractivity contribution >= 4 is 0 Å². The minimum atomic E-state index is 0.513. The summed E-state index contributed by atoms with van der Waals surface area (Å²) < 4.78 is 5.61. The Bertz CT molecular complexity index is 350. The van der Waals surface area contributed by atoms with Crippen molar-refractivity contribution < 1.29 is 4.74 Å². The van der Waals surface area contributed by atoms with E-state index in [4.69, 9.17) is 10.5 Å². The van der Waals surface area contributed by atoms with E-state index in [1.165, 1.54) is 17.7 Å².